The van der Waals surface area contributed by atoms with Crippen LogP contribution < -0.4 is 10.6 Å². The molecular formula is C19H28N2O2. The van der Waals surface area contributed by atoms with Crippen LogP contribution in [0.4, 0.5) is 0 Å². The zero-order chi connectivity index (χ0) is 16.8. The molecule has 1 aromatic carbocycles. The highest BCUT2D eigenvalue weighted by atomic mass is 16.2. The third-order valence-electron chi connectivity index (χ3n) is 4.73. The van der Waals surface area contributed by atoms with Crippen LogP contribution in [0.5, 0.6) is 0 Å². The molecule has 2 N–H and O–H groups in total. The van der Waals surface area contributed by atoms with Crippen LogP contribution in [0.25, 0.3) is 0 Å². The Hall–Kier alpha value is -1.84. The Bertz CT molecular complexity index is 537. The van der Waals surface area contributed by atoms with Crippen LogP contribution in [0.1, 0.15) is 63.5 Å². The summed E-state index contributed by atoms with van der Waals surface area (Å²) < 4.78 is 0. The zero-order valence-electron chi connectivity index (χ0n) is 14.4. The van der Waals surface area contributed by atoms with Gasteiger partial charge in [-0.25, -0.2) is 0 Å². The number of amides is 2. The van der Waals surface area contributed by atoms with Gasteiger partial charge in [-0.1, -0.05) is 57.9 Å². The lowest BCUT2D eigenvalue weighted by atomic mass is 9.86. The van der Waals surface area contributed by atoms with E-state index in [-0.39, 0.29) is 6.04 Å². The van der Waals surface area contributed by atoms with E-state index in [0.29, 0.717) is 18.4 Å². The Labute approximate surface area is 139 Å². The molecule has 23 heavy (non-hydrogen) atoms. The smallest absolute Gasteiger partial charge is 0.309 e. The highest BCUT2D eigenvalue weighted by Crippen LogP contribution is 2.23. The number of rotatable bonds is 4. The summed E-state index contributed by atoms with van der Waals surface area (Å²) in [6, 6.07) is 8.26. The van der Waals surface area contributed by atoms with E-state index in [0.717, 1.165) is 24.8 Å². The molecule has 4 heteroatoms. The lowest BCUT2D eigenvalue weighted by Crippen LogP contribution is -2.47. The second-order valence-electron chi connectivity index (χ2n) is 6.92. The first-order valence-electron chi connectivity index (χ1n) is 8.65. The van der Waals surface area contributed by atoms with Crippen LogP contribution in [0.2, 0.25) is 0 Å². The maximum atomic E-state index is 12.0. The number of nitrogens with one attached hydrogen (secondary N) is 2. The number of carbonyl (C=O) groups is 2. The summed E-state index contributed by atoms with van der Waals surface area (Å²) in [5.74, 6) is -0.121. The van der Waals surface area contributed by atoms with Gasteiger partial charge in [0.05, 0.1) is 0 Å². The lowest BCUT2D eigenvalue weighted by Gasteiger charge is -2.29. The van der Waals surface area contributed by atoms with Gasteiger partial charge in [0.1, 0.15) is 0 Å². The van der Waals surface area contributed by atoms with Crippen molar-refractivity contribution in [3.05, 3.63) is 35.4 Å². The average molecular weight is 316 g/mol. The Morgan fingerprint density at radius 1 is 1.09 bits per heavy atom. The molecule has 1 fully saturated rings. The summed E-state index contributed by atoms with van der Waals surface area (Å²) in [7, 11) is 0. The summed E-state index contributed by atoms with van der Waals surface area (Å²) in [4.78, 5) is 23.9. The molecule has 0 saturated heterocycles. The summed E-state index contributed by atoms with van der Waals surface area (Å²) >= 11 is 0. The van der Waals surface area contributed by atoms with Crippen molar-refractivity contribution in [2.45, 2.75) is 65.0 Å². The van der Waals surface area contributed by atoms with Crippen LogP contribution in [0.15, 0.2) is 24.3 Å². The topological polar surface area (TPSA) is 58.2 Å². The summed E-state index contributed by atoms with van der Waals surface area (Å²) in [5.41, 5.74) is 2.27. The largest absolute Gasteiger partial charge is 0.345 e. The minimum absolute atomic E-state index is 0.132. The van der Waals surface area contributed by atoms with Crippen LogP contribution in [0.3, 0.4) is 0 Å². The standard InChI is InChI=1S/C19H28N2O2/c1-13(2)16-10-8-15(9-11-16)12-20-18(22)19(23)21-17-7-5-4-6-14(17)3/h8-11,13-14,17H,4-7,12H2,1-3H3,(H,20,22)(H,21,23)/t14-,17-/m0/s1. The van der Waals surface area contributed by atoms with Crippen molar-refractivity contribution in [1.29, 1.82) is 0 Å². The van der Waals surface area contributed by atoms with Crippen molar-refractivity contribution in [1.82, 2.24) is 10.6 Å². The average Bonchev–Trinajstić information content (AvgIpc) is 2.55. The van der Waals surface area contributed by atoms with Gasteiger partial charge in [-0.15, -0.1) is 0 Å². The number of carbonyl (C=O) groups excluding carboxylic acids is 2. The molecule has 0 aromatic heterocycles. The molecule has 0 radical (unpaired) electrons. The molecule has 1 aliphatic rings. The van der Waals surface area contributed by atoms with Crippen LogP contribution >= 0.6 is 0 Å². The Morgan fingerprint density at radius 3 is 2.35 bits per heavy atom. The fourth-order valence-corrected chi connectivity index (χ4v) is 3.05. The molecule has 1 aliphatic carbocycles. The van der Waals surface area contributed by atoms with Gasteiger partial charge in [0.2, 0.25) is 0 Å². The molecule has 2 atom stereocenters. The van der Waals surface area contributed by atoms with Crippen LogP contribution in [-0.4, -0.2) is 17.9 Å². The van der Waals surface area contributed by atoms with Crippen molar-refractivity contribution in [3.63, 3.8) is 0 Å². The van der Waals surface area contributed by atoms with E-state index in [4.69, 9.17) is 0 Å². The third-order valence-corrected chi connectivity index (χ3v) is 4.73. The fourth-order valence-electron chi connectivity index (χ4n) is 3.05. The van der Waals surface area contributed by atoms with Gasteiger partial charge in [0.15, 0.2) is 0 Å². The molecule has 1 aromatic rings. The Balaban J connectivity index is 1.80. The number of hydrogen-bond acceptors (Lipinski definition) is 2. The second-order valence-corrected chi connectivity index (χ2v) is 6.92. The van der Waals surface area contributed by atoms with Gasteiger partial charge in [-0.05, 0) is 35.8 Å². The molecule has 0 unspecified atom stereocenters. The van der Waals surface area contributed by atoms with Gasteiger partial charge < -0.3 is 10.6 Å². The molecule has 4 nitrogen and oxygen atoms in total. The van der Waals surface area contributed by atoms with Crippen LogP contribution in [-0.2, 0) is 16.1 Å². The summed E-state index contributed by atoms with van der Waals surface area (Å²) in [5, 5.41) is 5.58. The van der Waals surface area contributed by atoms with E-state index < -0.39 is 11.8 Å². The first-order valence-corrected chi connectivity index (χ1v) is 8.65. The quantitative estimate of drug-likeness (QED) is 0.839. The van der Waals surface area contributed by atoms with Gasteiger partial charge in [0, 0.05) is 12.6 Å². The lowest BCUT2D eigenvalue weighted by molar-refractivity contribution is -0.140. The second kappa shape index (κ2) is 8.14. The van der Waals surface area contributed by atoms with Crippen molar-refractivity contribution in [2.75, 3.05) is 0 Å². The minimum Gasteiger partial charge on any atom is -0.345 e. The molecule has 2 amide bonds. The molecule has 2 rings (SSSR count). The highest BCUT2D eigenvalue weighted by Gasteiger charge is 2.25. The van der Waals surface area contributed by atoms with E-state index in [9.17, 15) is 9.59 Å². The maximum absolute atomic E-state index is 12.0. The van der Waals surface area contributed by atoms with Gasteiger partial charge in [0.25, 0.3) is 0 Å². The van der Waals surface area contributed by atoms with E-state index in [1.807, 2.05) is 12.1 Å². The van der Waals surface area contributed by atoms with E-state index in [1.54, 1.807) is 0 Å². The summed E-state index contributed by atoms with van der Waals surface area (Å²) in [6.07, 6.45) is 4.43. The van der Waals surface area contributed by atoms with Crippen LogP contribution in [0, 0.1) is 5.92 Å². The van der Waals surface area contributed by atoms with Crippen molar-refractivity contribution in [3.8, 4) is 0 Å². The molecule has 0 bridgehead atoms. The van der Waals surface area contributed by atoms with Crippen molar-refractivity contribution < 1.29 is 9.59 Å². The van der Waals surface area contributed by atoms with Gasteiger partial charge >= 0.3 is 11.8 Å². The van der Waals surface area contributed by atoms with Crippen molar-refractivity contribution in [2.24, 2.45) is 5.92 Å². The highest BCUT2D eigenvalue weighted by molar-refractivity contribution is 6.35. The van der Waals surface area contributed by atoms with E-state index in [2.05, 4.69) is 43.5 Å². The Kier molecular flexibility index (Phi) is 6.20. The zero-order valence-corrected chi connectivity index (χ0v) is 14.4. The molecule has 0 aliphatic heterocycles. The number of benzene rings is 1. The molecule has 126 valence electrons. The summed E-state index contributed by atoms with van der Waals surface area (Å²) in [6.45, 7) is 6.81. The molecule has 0 spiro atoms. The monoisotopic (exact) mass is 316 g/mol. The molecule has 1 saturated carbocycles. The Morgan fingerprint density at radius 2 is 1.74 bits per heavy atom. The fraction of sp³-hybridized carbons (Fsp3) is 0.579. The maximum Gasteiger partial charge on any atom is 0.309 e. The third kappa shape index (κ3) is 5.08. The predicted molar refractivity (Wildman–Crippen MR) is 91.9 cm³/mol. The molecular weight excluding hydrogens is 288 g/mol. The molecule has 0 heterocycles. The predicted octanol–water partition coefficient (Wildman–Crippen LogP) is 3.12. The first kappa shape index (κ1) is 17.5. The first-order chi connectivity index (χ1) is 11.0. The normalized spacial score (nSPS) is 21.0. The van der Waals surface area contributed by atoms with E-state index in [1.165, 1.54) is 12.0 Å². The van der Waals surface area contributed by atoms with E-state index >= 15 is 0 Å². The SMILES string of the molecule is CC(C)c1ccc(CNC(=O)C(=O)N[C@H]2CCCC[C@@H]2C)cc1. The van der Waals surface area contributed by atoms with Gasteiger partial charge in [-0.3, -0.25) is 9.59 Å². The number of hydrogen-bond donors (Lipinski definition) is 2. The minimum atomic E-state index is -0.546. The van der Waals surface area contributed by atoms with Crippen molar-refractivity contribution >= 4 is 11.8 Å². The van der Waals surface area contributed by atoms with Gasteiger partial charge in [-0.2, -0.15) is 0 Å².